The van der Waals surface area contributed by atoms with E-state index >= 15 is 0 Å². The highest BCUT2D eigenvalue weighted by Crippen LogP contribution is 2.20. The number of nitrogens with zero attached hydrogens (tertiary/aromatic N) is 1. The maximum Gasteiger partial charge on any atom is 0.241 e. The van der Waals surface area contributed by atoms with Gasteiger partial charge in [0.15, 0.2) is 0 Å². The van der Waals surface area contributed by atoms with Gasteiger partial charge in [0, 0.05) is 11.6 Å². The second-order valence-corrected chi connectivity index (χ2v) is 8.30. The molecule has 1 heterocycles. The number of rotatable bonds is 4. The van der Waals surface area contributed by atoms with E-state index in [1.807, 2.05) is 13.8 Å². The van der Waals surface area contributed by atoms with Gasteiger partial charge in [-0.2, -0.15) is 4.72 Å². The van der Waals surface area contributed by atoms with Crippen molar-refractivity contribution in [3.05, 3.63) is 29.3 Å². The number of hydrogen-bond acceptors (Lipinski definition) is 4. The van der Waals surface area contributed by atoms with Crippen LogP contribution in [0.5, 0.6) is 0 Å². The van der Waals surface area contributed by atoms with Crippen molar-refractivity contribution < 1.29 is 17.9 Å². The predicted octanol–water partition coefficient (Wildman–Crippen LogP) is 1.64. The average Bonchev–Trinajstić information content (AvgIpc) is 2.46. The Bertz CT molecular complexity index is 673. The number of amides is 1. The van der Waals surface area contributed by atoms with Crippen LogP contribution >= 0.6 is 11.6 Å². The number of ether oxygens (including phenoxy) is 1. The molecule has 1 N–H and O–H groups in total. The van der Waals surface area contributed by atoms with Crippen molar-refractivity contribution in [2.45, 2.75) is 37.2 Å². The second kappa shape index (κ2) is 6.76. The molecule has 1 aliphatic heterocycles. The topological polar surface area (TPSA) is 75.7 Å². The monoisotopic (exact) mass is 360 g/mol. The summed E-state index contributed by atoms with van der Waals surface area (Å²) in [6.45, 7) is 6.65. The largest absolute Gasteiger partial charge is 0.377 e. The van der Waals surface area contributed by atoms with Crippen molar-refractivity contribution in [2.75, 3.05) is 19.8 Å². The molecule has 1 aromatic carbocycles. The third-order valence-corrected chi connectivity index (χ3v) is 5.55. The average molecular weight is 361 g/mol. The van der Waals surface area contributed by atoms with Gasteiger partial charge in [0.25, 0.3) is 0 Å². The van der Waals surface area contributed by atoms with Gasteiger partial charge in [0.05, 0.1) is 29.7 Å². The molecule has 0 unspecified atom stereocenters. The number of halogens is 1. The van der Waals surface area contributed by atoms with E-state index in [4.69, 9.17) is 16.3 Å². The zero-order chi connectivity index (χ0) is 17.3. The van der Waals surface area contributed by atoms with E-state index in [0.29, 0.717) is 24.8 Å². The van der Waals surface area contributed by atoms with E-state index in [2.05, 4.69) is 4.72 Å². The number of nitrogens with one attached hydrogen (secondary N) is 1. The van der Waals surface area contributed by atoms with Gasteiger partial charge in [0.1, 0.15) is 0 Å². The van der Waals surface area contributed by atoms with Crippen molar-refractivity contribution in [1.29, 1.82) is 0 Å². The van der Waals surface area contributed by atoms with Crippen LogP contribution in [-0.4, -0.2) is 50.6 Å². The van der Waals surface area contributed by atoms with Crippen LogP contribution in [0.2, 0.25) is 5.02 Å². The molecule has 0 spiro atoms. The molecule has 0 radical (unpaired) electrons. The summed E-state index contributed by atoms with van der Waals surface area (Å²) >= 11 is 5.76. The fourth-order valence-electron chi connectivity index (χ4n) is 2.47. The molecule has 1 fully saturated rings. The molecule has 2 rings (SSSR count). The van der Waals surface area contributed by atoms with Crippen molar-refractivity contribution in [3.8, 4) is 0 Å². The lowest BCUT2D eigenvalue weighted by atomic mass is 10.0. The maximum absolute atomic E-state index is 12.6. The Balaban J connectivity index is 2.12. The molecular weight excluding hydrogens is 340 g/mol. The molecule has 0 aromatic heterocycles. The molecule has 0 bridgehead atoms. The highest BCUT2D eigenvalue weighted by molar-refractivity contribution is 7.89. The number of benzene rings is 1. The molecule has 128 valence electrons. The quantitative estimate of drug-likeness (QED) is 0.885. The van der Waals surface area contributed by atoms with Gasteiger partial charge in [0.2, 0.25) is 15.9 Å². The third-order valence-electron chi connectivity index (χ3n) is 3.74. The van der Waals surface area contributed by atoms with E-state index < -0.39 is 21.6 Å². The molecule has 0 saturated carbocycles. The molecule has 1 aromatic rings. The van der Waals surface area contributed by atoms with Crippen LogP contribution in [0, 0.1) is 0 Å². The molecule has 8 heteroatoms. The normalized spacial score (nSPS) is 19.4. The minimum Gasteiger partial charge on any atom is -0.377 e. The van der Waals surface area contributed by atoms with Crippen molar-refractivity contribution in [2.24, 2.45) is 0 Å². The minimum absolute atomic E-state index is 0.0720. The van der Waals surface area contributed by atoms with Gasteiger partial charge in [-0.3, -0.25) is 4.79 Å². The first-order valence-electron chi connectivity index (χ1n) is 7.31. The van der Waals surface area contributed by atoms with Gasteiger partial charge in [-0.25, -0.2) is 8.42 Å². The molecule has 1 atom stereocenters. The van der Waals surface area contributed by atoms with Gasteiger partial charge in [-0.05, 0) is 45.0 Å². The highest BCUT2D eigenvalue weighted by Gasteiger charge is 2.37. The maximum atomic E-state index is 12.6. The number of sulfonamides is 1. The number of hydrogen-bond donors (Lipinski definition) is 1. The fraction of sp³-hybridized carbons (Fsp3) is 0.533. The van der Waals surface area contributed by atoms with Crippen LogP contribution in [0.1, 0.15) is 20.8 Å². The fourth-order valence-corrected chi connectivity index (χ4v) is 3.79. The molecule has 0 aliphatic carbocycles. The van der Waals surface area contributed by atoms with Crippen LogP contribution in [0.25, 0.3) is 0 Å². The summed E-state index contributed by atoms with van der Waals surface area (Å²) in [5, 5.41) is 0.447. The SMILES string of the molecule is C[C@H](NS(=O)(=O)c1ccc(Cl)cc1)C(=O)N1CCOCC1(C)C. The Morgan fingerprint density at radius 3 is 2.52 bits per heavy atom. The van der Waals surface area contributed by atoms with E-state index in [0.717, 1.165) is 0 Å². The Labute approximate surface area is 141 Å². The summed E-state index contributed by atoms with van der Waals surface area (Å²) in [5.74, 6) is -0.268. The molecule has 1 amide bonds. The minimum atomic E-state index is -3.78. The first-order valence-corrected chi connectivity index (χ1v) is 9.17. The summed E-state index contributed by atoms with van der Waals surface area (Å²) in [6.07, 6.45) is 0. The summed E-state index contributed by atoms with van der Waals surface area (Å²) < 4.78 is 32.5. The molecule has 1 aliphatic rings. The molecule has 1 saturated heterocycles. The van der Waals surface area contributed by atoms with Crippen LogP contribution < -0.4 is 4.72 Å². The number of morpholine rings is 1. The van der Waals surface area contributed by atoms with Crippen LogP contribution in [0.4, 0.5) is 0 Å². The smallest absolute Gasteiger partial charge is 0.241 e. The Kier molecular flexibility index (Phi) is 5.35. The van der Waals surface area contributed by atoms with Crippen molar-refractivity contribution in [1.82, 2.24) is 9.62 Å². The zero-order valence-corrected chi connectivity index (χ0v) is 14.9. The second-order valence-electron chi connectivity index (χ2n) is 6.15. The first kappa shape index (κ1) is 18.2. The Morgan fingerprint density at radius 1 is 1.35 bits per heavy atom. The number of carbonyl (C=O) groups excluding carboxylic acids is 1. The van der Waals surface area contributed by atoms with E-state index in [-0.39, 0.29) is 10.8 Å². The van der Waals surface area contributed by atoms with Crippen LogP contribution in [-0.2, 0) is 19.6 Å². The van der Waals surface area contributed by atoms with E-state index in [1.54, 1.807) is 11.8 Å². The molecular formula is C15H21ClN2O4S. The van der Waals surface area contributed by atoms with Gasteiger partial charge in [-0.15, -0.1) is 0 Å². The molecule has 23 heavy (non-hydrogen) atoms. The lowest BCUT2D eigenvalue weighted by molar-refractivity contribution is -0.147. The predicted molar refractivity (Wildman–Crippen MR) is 87.8 cm³/mol. The van der Waals surface area contributed by atoms with Crippen LogP contribution in [0.3, 0.4) is 0 Å². The van der Waals surface area contributed by atoms with E-state index in [9.17, 15) is 13.2 Å². The Morgan fingerprint density at radius 2 is 1.96 bits per heavy atom. The van der Waals surface area contributed by atoms with E-state index in [1.165, 1.54) is 24.3 Å². The first-order chi connectivity index (χ1) is 10.6. The standard InChI is InChI=1S/C15H21ClN2O4S/c1-11(14(19)18-8-9-22-10-15(18,2)3)17-23(20,21)13-6-4-12(16)5-7-13/h4-7,11,17H,8-10H2,1-3H3/t11-/m0/s1. The van der Waals surface area contributed by atoms with Crippen LogP contribution in [0.15, 0.2) is 29.2 Å². The summed E-state index contributed by atoms with van der Waals surface area (Å²) in [4.78, 5) is 14.3. The zero-order valence-electron chi connectivity index (χ0n) is 13.4. The lowest BCUT2D eigenvalue weighted by Gasteiger charge is -2.43. The van der Waals surface area contributed by atoms with Crippen molar-refractivity contribution in [3.63, 3.8) is 0 Å². The van der Waals surface area contributed by atoms with Gasteiger partial charge >= 0.3 is 0 Å². The summed E-state index contributed by atoms with van der Waals surface area (Å²) in [7, 11) is -3.78. The lowest BCUT2D eigenvalue weighted by Crippen LogP contribution is -2.59. The third kappa shape index (κ3) is 4.23. The van der Waals surface area contributed by atoms with Gasteiger partial charge < -0.3 is 9.64 Å². The van der Waals surface area contributed by atoms with Gasteiger partial charge in [-0.1, -0.05) is 11.6 Å². The van der Waals surface area contributed by atoms with Crippen molar-refractivity contribution >= 4 is 27.5 Å². The highest BCUT2D eigenvalue weighted by atomic mass is 35.5. The summed E-state index contributed by atoms with van der Waals surface area (Å²) in [6, 6.07) is 4.93. The summed E-state index contributed by atoms with van der Waals surface area (Å²) in [5.41, 5.74) is -0.463. The Hall–Kier alpha value is -1.15. The number of carbonyl (C=O) groups is 1. The molecule has 6 nitrogen and oxygen atoms in total.